The molecule has 1 saturated heterocycles. The normalized spacial score (nSPS) is 21.8. The zero-order valence-electron chi connectivity index (χ0n) is 14.5. The summed E-state index contributed by atoms with van der Waals surface area (Å²) in [4.78, 5) is 26.4. The van der Waals surface area contributed by atoms with Crippen LogP contribution < -0.4 is 0 Å². The Morgan fingerprint density at radius 2 is 2.35 bits per heavy atom. The SMILES string of the molecule is CC(=O)N1N=C(c2ccco2)OC1C(=O)N(CCC#N)CC1CCCO1. The van der Waals surface area contributed by atoms with Crippen molar-refractivity contribution in [3.05, 3.63) is 24.2 Å². The molecule has 1 fully saturated rings. The minimum Gasteiger partial charge on any atom is -0.459 e. The summed E-state index contributed by atoms with van der Waals surface area (Å²) in [6.07, 6.45) is 2.13. The zero-order chi connectivity index (χ0) is 18.5. The van der Waals surface area contributed by atoms with Gasteiger partial charge in [-0.25, -0.2) is 0 Å². The lowest BCUT2D eigenvalue weighted by molar-refractivity contribution is -0.155. The smallest absolute Gasteiger partial charge is 0.287 e. The van der Waals surface area contributed by atoms with Gasteiger partial charge >= 0.3 is 0 Å². The Kier molecular flexibility index (Phi) is 5.53. The van der Waals surface area contributed by atoms with E-state index < -0.39 is 18.0 Å². The molecular weight excluding hydrogens is 340 g/mol. The van der Waals surface area contributed by atoms with E-state index in [-0.39, 0.29) is 25.0 Å². The number of nitriles is 1. The van der Waals surface area contributed by atoms with Crippen LogP contribution in [-0.2, 0) is 19.1 Å². The van der Waals surface area contributed by atoms with Gasteiger partial charge in [0.1, 0.15) is 0 Å². The summed E-state index contributed by atoms with van der Waals surface area (Å²) in [7, 11) is 0. The number of hydrogen-bond donors (Lipinski definition) is 0. The number of ether oxygens (including phenoxy) is 2. The van der Waals surface area contributed by atoms with Gasteiger partial charge in [-0.3, -0.25) is 9.59 Å². The fraction of sp³-hybridized carbons (Fsp3) is 0.529. The average molecular weight is 360 g/mol. The van der Waals surface area contributed by atoms with Gasteiger partial charge in [-0.2, -0.15) is 10.3 Å². The minimum atomic E-state index is -1.22. The van der Waals surface area contributed by atoms with Crippen molar-refractivity contribution >= 4 is 17.7 Å². The largest absolute Gasteiger partial charge is 0.459 e. The summed E-state index contributed by atoms with van der Waals surface area (Å²) < 4.78 is 16.4. The topological polar surface area (TPSA) is 108 Å². The molecule has 0 spiro atoms. The van der Waals surface area contributed by atoms with Crippen molar-refractivity contribution in [2.75, 3.05) is 19.7 Å². The van der Waals surface area contributed by atoms with E-state index in [1.165, 1.54) is 18.1 Å². The summed E-state index contributed by atoms with van der Waals surface area (Å²) >= 11 is 0. The predicted octanol–water partition coefficient (Wildman–Crippen LogP) is 1.07. The third kappa shape index (κ3) is 3.86. The van der Waals surface area contributed by atoms with Gasteiger partial charge in [0.15, 0.2) is 5.76 Å². The van der Waals surface area contributed by atoms with Crippen LogP contribution in [0.4, 0.5) is 0 Å². The molecule has 0 aliphatic carbocycles. The molecule has 2 unspecified atom stereocenters. The molecule has 3 heterocycles. The molecule has 0 bridgehead atoms. The third-order valence-electron chi connectivity index (χ3n) is 4.16. The van der Waals surface area contributed by atoms with Crippen molar-refractivity contribution in [1.29, 1.82) is 5.26 Å². The highest BCUT2D eigenvalue weighted by Crippen LogP contribution is 2.21. The highest BCUT2D eigenvalue weighted by Gasteiger charge is 2.41. The molecule has 1 aromatic heterocycles. The Labute approximate surface area is 150 Å². The van der Waals surface area contributed by atoms with Crippen LogP contribution in [-0.4, -0.2) is 59.6 Å². The Hall–Kier alpha value is -2.86. The number of carbonyl (C=O) groups is 2. The van der Waals surface area contributed by atoms with Gasteiger partial charge in [0.25, 0.3) is 18.0 Å². The molecule has 138 valence electrons. The maximum absolute atomic E-state index is 13.0. The fourth-order valence-electron chi connectivity index (χ4n) is 2.89. The standard InChI is InChI=1S/C17H20N4O5/c1-12(22)21-17(26-15(19-21)14-6-3-10-25-14)16(23)20(8-4-7-18)11-13-5-2-9-24-13/h3,6,10,13,17H,2,4-5,8-9,11H2,1H3. The first kappa shape index (κ1) is 17.9. The molecule has 3 rings (SSSR count). The van der Waals surface area contributed by atoms with Crippen LogP contribution in [0.1, 0.15) is 31.9 Å². The summed E-state index contributed by atoms with van der Waals surface area (Å²) in [6, 6.07) is 5.32. The van der Waals surface area contributed by atoms with Crippen molar-refractivity contribution < 1.29 is 23.5 Å². The number of amides is 2. The first-order valence-electron chi connectivity index (χ1n) is 8.46. The summed E-state index contributed by atoms with van der Waals surface area (Å²) in [6.45, 7) is 2.55. The second-order valence-corrected chi connectivity index (χ2v) is 6.04. The van der Waals surface area contributed by atoms with E-state index in [4.69, 9.17) is 19.2 Å². The first-order chi connectivity index (χ1) is 12.6. The van der Waals surface area contributed by atoms with Crippen LogP contribution in [0, 0.1) is 11.3 Å². The van der Waals surface area contributed by atoms with Crippen LogP contribution in [0.5, 0.6) is 0 Å². The number of hydrazone groups is 1. The van der Waals surface area contributed by atoms with E-state index in [0.717, 1.165) is 17.9 Å². The number of furan rings is 1. The highest BCUT2D eigenvalue weighted by molar-refractivity contribution is 5.98. The zero-order valence-corrected chi connectivity index (χ0v) is 14.5. The van der Waals surface area contributed by atoms with Crippen LogP contribution >= 0.6 is 0 Å². The van der Waals surface area contributed by atoms with E-state index in [0.29, 0.717) is 18.9 Å². The fourth-order valence-corrected chi connectivity index (χ4v) is 2.89. The van der Waals surface area contributed by atoms with Crippen molar-refractivity contribution in [1.82, 2.24) is 9.91 Å². The lowest BCUT2D eigenvalue weighted by atomic mass is 10.2. The van der Waals surface area contributed by atoms with Crippen LogP contribution in [0.15, 0.2) is 27.9 Å². The lowest BCUT2D eigenvalue weighted by Crippen LogP contribution is -2.49. The van der Waals surface area contributed by atoms with Gasteiger partial charge in [-0.15, -0.1) is 5.10 Å². The van der Waals surface area contributed by atoms with E-state index in [1.807, 2.05) is 6.07 Å². The molecule has 2 aliphatic heterocycles. The Morgan fingerprint density at radius 3 is 2.96 bits per heavy atom. The van der Waals surface area contributed by atoms with Gasteiger partial charge in [-0.05, 0) is 25.0 Å². The van der Waals surface area contributed by atoms with Gasteiger partial charge in [0.2, 0.25) is 5.91 Å². The second-order valence-electron chi connectivity index (χ2n) is 6.04. The molecule has 0 radical (unpaired) electrons. The van der Waals surface area contributed by atoms with Crippen LogP contribution in [0.25, 0.3) is 0 Å². The van der Waals surface area contributed by atoms with Crippen molar-refractivity contribution in [3.63, 3.8) is 0 Å². The van der Waals surface area contributed by atoms with Crippen LogP contribution in [0.3, 0.4) is 0 Å². The van der Waals surface area contributed by atoms with Gasteiger partial charge in [0, 0.05) is 26.6 Å². The third-order valence-corrected chi connectivity index (χ3v) is 4.16. The quantitative estimate of drug-likeness (QED) is 0.751. The molecule has 26 heavy (non-hydrogen) atoms. The van der Waals surface area contributed by atoms with E-state index in [1.54, 1.807) is 12.1 Å². The van der Waals surface area contributed by atoms with Crippen molar-refractivity contribution in [3.8, 4) is 6.07 Å². The molecule has 0 saturated carbocycles. The molecule has 2 amide bonds. The Bertz CT molecular complexity index is 718. The van der Waals surface area contributed by atoms with Gasteiger partial charge in [0.05, 0.1) is 24.9 Å². The van der Waals surface area contributed by atoms with Crippen molar-refractivity contribution in [2.24, 2.45) is 5.10 Å². The van der Waals surface area contributed by atoms with E-state index in [9.17, 15) is 9.59 Å². The average Bonchev–Trinajstić information content (AvgIpc) is 3.38. The maximum atomic E-state index is 13.0. The van der Waals surface area contributed by atoms with Gasteiger partial charge in [-0.1, -0.05) is 0 Å². The van der Waals surface area contributed by atoms with E-state index in [2.05, 4.69) is 5.10 Å². The number of hydrogen-bond acceptors (Lipinski definition) is 7. The molecule has 0 aromatic carbocycles. The molecule has 9 heteroatoms. The first-order valence-corrected chi connectivity index (χ1v) is 8.46. The second kappa shape index (κ2) is 8.01. The molecule has 2 atom stereocenters. The van der Waals surface area contributed by atoms with Crippen LogP contribution in [0.2, 0.25) is 0 Å². The summed E-state index contributed by atoms with van der Waals surface area (Å²) in [5, 5.41) is 13.9. The number of carbonyl (C=O) groups excluding carboxylic acids is 2. The number of nitrogens with zero attached hydrogens (tertiary/aromatic N) is 4. The van der Waals surface area contributed by atoms with Gasteiger partial charge < -0.3 is 18.8 Å². The minimum absolute atomic E-state index is 0.0703. The summed E-state index contributed by atoms with van der Waals surface area (Å²) in [5.74, 6) is -0.464. The monoisotopic (exact) mass is 360 g/mol. The molecule has 9 nitrogen and oxygen atoms in total. The maximum Gasteiger partial charge on any atom is 0.287 e. The van der Waals surface area contributed by atoms with Crippen molar-refractivity contribution in [2.45, 2.75) is 38.5 Å². The molecular formula is C17H20N4O5. The molecule has 2 aliphatic rings. The molecule has 0 N–H and O–H groups in total. The summed E-state index contributed by atoms with van der Waals surface area (Å²) in [5.41, 5.74) is 0. The molecule has 1 aromatic rings. The number of rotatable bonds is 6. The predicted molar refractivity (Wildman–Crippen MR) is 88.4 cm³/mol. The lowest BCUT2D eigenvalue weighted by Gasteiger charge is -2.28. The highest BCUT2D eigenvalue weighted by atomic mass is 16.6. The van der Waals surface area contributed by atoms with E-state index >= 15 is 0 Å². The Morgan fingerprint density at radius 1 is 1.50 bits per heavy atom. The Balaban J connectivity index is 1.76.